The van der Waals surface area contributed by atoms with Crippen molar-refractivity contribution in [3.8, 4) is 0 Å². The Kier molecular flexibility index (Phi) is 4.12. The molecule has 9 heteroatoms. The van der Waals surface area contributed by atoms with E-state index in [2.05, 4.69) is 10.1 Å². The van der Waals surface area contributed by atoms with Gasteiger partial charge >= 0.3 is 6.18 Å². The number of nitrogens with zero attached hydrogens (tertiary/aromatic N) is 5. The Balaban J connectivity index is 1.80. The lowest BCUT2D eigenvalue weighted by molar-refractivity contribution is -0.141. The fraction of sp³-hybridized carbons (Fsp3) is 0.500. The zero-order valence-corrected chi connectivity index (χ0v) is 15.2. The molecule has 0 aromatic carbocycles. The second-order valence-corrected chi connectivity index (χ2v) is 7.01. The molecule has 0 N–H and O–H groups in total. The predicted octanol–water partition coefficient (Wildman–Crippen LogP) is 2.82. The summed E-state index contributed by atoms with van der Waals surface area (Å²) in [6.45, 7) is 3.16. The van der Waals surface area contributed by atoms with E-state index in [0.717, 1.165) is 29.3 Å². The van der Waals surface area contributed by atoms with Crippen molar-refractivity contribution >= 4 is 17.4 Å². The highest BCUT2D eigenvalue weighted by atomic mass is 19.4. The minimum Gasteiger partial charge on any atom is -0.338 e. The molecule has 2 aliphatic heterocycles. The van der Waals surface area contributed by atoms with Gasteiger partial charge in [0, 0.05) is 56.6 Å². The van der Waals surface area contributed by atoms with Crippen LogP contribution in [-0.2, 0) is 37.4 Å². The van der Waals surface area contributed by atoms with Crippen molar-refractivity contribution in [3.05, 3.63) is 34.8 Å². The van der Waals surface area contributed by atoms with Gasteiger partial charge in [0.1, 0.15) is 5.69 Å². The summed E-state index contributed by atoms with van der Waals surface area (Å²) in [7, 11) is 1.84. The molecule has 4 rings (SSSR count). The van der Waals surface area contributed by atoms with E-state index in [4.69, 9.17) is 0 Å². The molecule has 144 valence electrons. The van der Waals surface area contributed by atoms with Crippen molar-refractivity contribution in [1.82, 2.24) is 19.7 Å². The third-order valence-electron chi connectivity index (χ3n) is 5.29. The Labute approximate surface area is 154 Å². The number of pyridine rings is 1. The molecule has 0 aliphatic carbocycles. The topological polar surface area (TPSA) is 54.3 Å². The second kappa shape index (κ2) is 6.24. The first-order valence-corrected chi connectivity index (χ1v) is 8.89. The van der Waals surface area contributed by atoms with Gasteiger partial charge in [-0.2, -0.15) is 18.3 Å². The van der Waals surface area contributed by atoms with Gasteiger partial charge in [0.05, 0.1) is 6.54 Å². The molecule has 2 aromatic rings. The molecule has 2 aliphatic rings. The van der Waals surface area contributed by atoms with E-state index in [-0.39, 0.29) is 5.91 Å². The highest BCUT2D eigenvalue weighted by Gasteiger charge is 2.35. The second-order valence-electron chi connectivity index (χ2n) is 7.01. The number of alkyl halides is 3. The standard InChI is InChI=1S/C18H20F3N5O/c1-11(27)25-7-5-14-13(10-25)17(23-24(14)2)26-6-3-4-12-9-22-16(8-15(12)26)18(19,20)21/h8-9H,3-7,10H2,1-2H3. The van der Waals surface area contributed by atoms with Gasteiger partial charge < -0.3 is 9.80 Å². The Morgan fingerprint density at radius 3 is 2.70 bits per heavy atom. The van der Waals surface area contributed by atoms with Crippen molar-refractivity contribution in [2.24, 2.45) is 7.05 Å². The normalized spacial score (nSPS) is 16.9. The summed E-state index contributed by atoms with van der Waals surface area (Å²) in [6.07, 6.45) is -0.995. The van der Waals surface area contributed by atoms with Crippen LogP contribution in [0.3, 0.4) is 0 Å². The number of carbonyl (C=O) groups excluding carboxylic acids is 1. The maximum atomic E-state index is 13.2. The van der Waals surface area contributed by atoms with Crippen LogP contribution in [0.5, 0.6) is 0 Å². The molecular formula is C18H20F3N5O. The molecule has 4 heterocycles. The van der Waals surface area contributed by atoms with Crippen molar-refractivity contribution < 1.29 is 18.0 Å². The third kappa shape index (κ3) is 3.04. The molecule has 0 spiro atoms. The molecule has 27 heavy (non-hydrogen) atoms. The molecule has 0 saturated carbocycles. The molecule has 2 aromatic heterocycles. The van der Waals surface area contributed by atoms with Crippen molar-refractivity contribution in [1.29, 1.82) is 0 Å². The summed E-state index contributed by atoms with van der Waals surface area (Å²) in [4.78, 5) is 19.0. The fourth-order valence-electron chi connectivity index (χ4n) is 3.90. The van der Waals surface area contributed by atoms with Crippen LogP contribution in [0, 0.1) is 0 Å². The highest BCUT2D eigenvalue weighted by molar-refractivity contribution is 5.75. The van der Waals surface area contributed by atoms with E-state index in [0.29, 0.717) is 44.0 Å². The SMILES string of the molecule is CC(=O)N1CCc2c(c(N3CCCc4cnc(C(F)(F)F)cc43)nn2C)C1. The zero-order chi connectivity index (χ0) is 19.3. The zero-order valence-electron chi connectivity index (χ0n) is 15.2. The molecular weight excluding hydrogens is 359 g/mol. The first-order chi connectivity index (χ1) is 12.8. The Morgan fingerprint density at radius 2 is 2.00 bits per heavy atom. The minimum absolute atomic E-state index is 0.0157. The van der Waals surface area contributed by atoms with Crippen LogP contribution in [0.15, 0.2) is 12.3 Å². The first-order valence-electron chi connectivity index (χ1n) is 8.89. The summed E-state index contributed by atoms with van der Waals surface area (Å²) in [6, 6.07) is 1.11. The number of hydrogen-bond donors (Lipinski definition) is 0. The molecule has 6 nitrogen and oxygen atoms in total. The number of aryl methyl sites for hydroxylation is 2. The van der Waals surface area contributed by atoms with E-state index in [1.807, 2.05) is 11.9 Å². The summed E-state index contributed by atoms with van der Waals surface area (Å²) < 4.78 is 41.3. The molecule has 0 bridgehead atoms. The first kappa shape index (κ1) is 17.8. The van der Waals surface area contributed by atoms with Gasteiger partial charge in [0.25, 0.3) is 0 Å². The number of amides is 1. The van der Waals surface area contributed by atoms with Gasteiger partial charge in [-0.1, -0.05) is 0 Å². The van der Waals surface area contributed by atoms with E-state index in [1.54, 1.807) is 9.58 Å². The van der Waals surface area contributed by atoms with Crippen LogP contribution in [0.1, 0.15) is 35.9 Å². The quantitative estimate of drug-likeness (QED) is 0.765. The van der Waals surface area contributed by atoms with Crippen molar-refractivity contribution in [3.63, 3.8) is 0 Å². The number of carbonyl (C=O) groups is 1. The number of anilines is 2. The Hall–Kier alpha value is -2.58. The van der Waals surface area contributed by atoms with Gasteiger partial charge in [-0.25, -0.2) is 0 Å². The van der Waals surface area contributed by atoms with Crippen LogP contribution in [0.4, 0.5) is 24.7 Å². The third-order valence-corrected chi connectivity index (χ3v) is 5.29. The molecule has 0 fully saturated rings. The van der Waals surface area contributed by atoms with E-state index in [9.17, 15) is 18.0 Å². The van der Waals surface area contributed by atoms with Crippen LogP contribution >= 0.6 is 0 Å². The lowest BCUT2D eigenvalue weighted by Crippen LogP contribution is -2.35. The number of aromatic nitrogens is 3. The van der Waals surface area contributed by atoms with Crippen LogP contribution in [0.2, 0.25) is 0 Å². The van der Waals surface area contributed by atoms with Crippen LogP contribution in [0.25, 0.3) is 0 Å². The summed E-state index contributed by atoms with van der Waals surface area (Å²) in [5.41, 5.74) is 2.33. The summed E-state index contributed by atoms with van der Waals surface area (Å²) in [5.74, 6) is 0.622. The van der Waals surface area contributed by atoms with Crippen LogP contribution in [-0.4, -0.2) is 38.7 Å². The molecule has 0 saturated heterocycles. The summed E-state index contributed by atoms with van der Waals surface area (Å²) in [5, 5.41) is 4.60. The molecule has 0 radical (unpaired) electrons. The van der Waals surface area contributed by atoms with Gasteiger partial charge in [-0.3, -0.25) is 14.5 Å². The maximum Gasteiger partial charge on any atom is 0.433 e. The van der Waals surface area contributed by atoms with Gasteiger partial charge in [0.15, 0.2) is 5.82 Å². The van der Waals surface area contributed by atoms with Gasteiger partial charge in [-0.05, 0) is 24.5 Å². The minimum atomic E-state index is -4.49. The molecule has 0 atom stereocenters. The largest absolute Gasteiger partial charge is 0.433 e. The van der Waals surface area contributed by atoms with Crippen molar-refractivity contribution in [2.45, 2.75) is 38.9 Å². The maximum absolute atomic E-state index is 13.2. The lowest BCUT2D eigenvalue weighted by atomic mass is 10.0. The monoisotopic (exact) mass is 379 g/mol. The average Bonchev–Trinajstić information content (AvgIpc) is 2.96. The number of rotatable bonds is 1. The summed E-state index contributed by atoms with van der Waals surface area (Å²) >= 11 is 0. The average molecular weight is 379 g/mol. The Morgan fingerprint density at radius 1 is 1.22 bits per heavy atom. The lowest BCUT2D eigenvalue weighted by Gasteiger charge is -2.32. The van der Waals surface area contributed by atoms with Gasteiger partial charge in [0.2, 0.25) is 5.91 Å². The molecule has 0 unspecified atom stereocenters. The van der Waals surface area contributed by atoms with E-state index >= 15 is 0 Å². The van der Waals surface area contributed by atoms with Crippen LogP contribution < -0.4 is 4.90 Å². The Bertz CT molecular complexity index is 905. The number of fused-ring (bicyclic) bond motifs is 2. The molecule has 1 amide bonds. The smallest absolute Gasteiger partial charge is 0.338 e. The highest BCUT2D eigenvalue weighted by Crippen LogP contribution is 2.39. The van der Waals surface area contributed by atoms with E-state index in [1.165, 1.54) is 13.1 Å². The van der Waals surface area contributed by atoms with Gasteiger partial charge in [-0.15, -0.1) is 0 Å². The fourth-order valence-corrected chi connectivity index (χ4v) is 3.90. The van der Waals surface area contributed by atoms with Crippen molar-refractivity contribution in [2.75, 3.05) is 18.0 Å². The predicted molar refractivity (Wildman–Crippen MR) is 92.6 cm³/mol. The van der Waals surface area contributed by atoms with E-state index < -0.39 is 11.9 Å². The number of hydrogen-bond acceptors (Lipinski definition) is 4. The number of halogens is 3.